The lowest BCUT2D eigenvalue weighted by molar-refractivity contribution is 0.102. The summed E-state index contributed by atoms with van der Waals surface area (Å²) in [4.78, 5) is 16.1. The van der Waals surface area contributed by atoms with Crippen molar-refractivity contribution in [2.24, 2.45) is 0 Å². The Bertz CT molecular complexity index is 582. The predicted octanol–water partition coefficient (Wildman–Crippen LogP) is 1.91. The van der Waals surface area contributed by atoms with Crippen LogP contribution in [0.1, 0.15) is 15.9 Å². The van der Waals surface area contributed by atoms with E-state index in [1.165, 1.54) is 6.20 Å². The summed E-state index contributed by atoms with van der Waals surface area (Å²) >= 11 is 0. The molecule has 1 amide bonds. The Morgan fingerprint density at radius 2 is 2.00 bits per heavy atom. The molecule has 0 radical (unpaired) electrons. The van der Waals surface area contributed by atoms with Crippen molar-refractivity contribution in [2.75, 3.05) is 24.3 Å². The quantitative estimate of drug-likeness (QED) is 0.776. The van der Waals surface area contributed by atoms with E-state index in [1.807, 2.05) is 24.3 Å². The minimum atomic E-state index is -0.211. The molecule has 0 unspecified atom stereocenters. The van der Waals surface area contributed by atoms with Gasteiger partial charge in [-0.3, -0.25) is 9.78 Å². The summed E-state index contributed by atoms with van der Waals surface area (Å²) in [5.41, 5.74) is 2.97. The van der Waals surface area contributed by atoms with Gasteiger partial charge < -0.3 is 15.7 Å². The molecule has 1 heterocycles. The Labute approximate surface area is 117 Å². The van der Waals surface area contributed by atoms with Crippen molar-refractivity contribution in [1.29, 1.82) is 0 Å². The second kappa shape index (κ2) is 6.68. The fourth-order valence-electron chi connectivity index (χ4n) is 1.88. The molecule has 0 fully saturated rings. The first-order valence-electron chi connectivity index (χ1n) is 6.37. The first kappa shape index (κ1) is 14.0. The molecular formula is C15H17N3O2. The highest BCUT2D eigenvalue weighted by atomic mass is 16.2. The lowest BCUT2D eigenvalue weighted by atomic mass is 10.1. The predicted molar refractivity (Wildman–Crippen MR) is 79.0 cm³/mol. The highest BCUT2D eigenvalue weighted by molar-refractivity contribution is 6.07. The summed E-state index contributed by atoms with van der Waals surface area (Å²) < 4.78 is 0. The van der Waals surface area contributed by atoms with Gasteiger partial charge in [0, 0.05) is 37.4 Å². The lowest BCUT2D eigenvalue weighted by Gasteiger charge is -2.09. The molecule has 0 atom stereocenters. The monoisotopic (exact) mass is 271 g/mol. The zero-order valence-corrected chi connectivity index (χ0v) is 11.3. The zero-order valence-electron chi connectivity index (χ0n) is 11.3. The van der Waals surface area contributed by atoms with Crippen molar-refractivity contribution in [3.63, 3.8) is 0 Å². The number of pyridine rings is 1. The number of aliphatic hydroxyl groups is 1. The van der Waals surface area contributed by atoms with Gasteiger partial charge in [0.1, 0.15) is 0 Å². The minimum Gasteiger partial charge on any atom is -0.396 e. The van der Waals surface area contributed by atoms with Crippen LogP contribution in [-0.2, 0) is 6.42 Å². The summed E-state index contributed by atoms with van der Waals surface area (Å²) in [7, 11) is 1.76. The van der Waals surface area contributed by atoms with Crippen molar-refractivity contribution >= 4 is 17.3 Å². The van der Waals surface area contributed by atoms with E-state index in [-0.39, 0.29) is 12.5 Å². The molecule has 0 bridgehead atoms. The summed E-state index contributed by atoms with van der Waals surface area (Å²) in [6.07, 6.45) is 3.77. The van der Waals surface area contributed by atoms with E-state index >= 15 is 0 Å². The molecule has 3 N–H and O–H groups in total. The second-order valence-corrected chi connectivity index (χ2v) is 4.30. The normalized spacial score (nSPS) is 10.1. The van der Waals surface area contributed by atoms with Crippen molar-refractivity contribution in [3.05, 3.63) is 53.9 Å². The Balaban J connectivity index is 2.11. The maximum Gasteiger partial charge on any atom is 0.259 e. The summed E-state index contributed by atoms with van der Waals surface area (Å²) in [6, 6.07) is 9.15. The number of hydrogen-bond donors (Lipinski definition) is 3. The first-order valence-corrected chi connectivity index (χ1v) is 6.37. The third kappa shape index (κ3) is 3.33. The van der Waals surface area contributed by atoms with Crippen LogP contribution in [0.4, 0.5) is 11.4 Å². The van der Waals surface area contributed by atoms with Crippen molar-refractivity contribution in [3.8, 4) is 0 Å². The SMILES string of the molecule is CNc1ccncc1C(=O)Nc1ccc(CCO)cc1. The number of amides is 1. The molecule has 1 aromatic carbocycles. The molecule has 0 aliphatic rings. The van der Waals surface area contributed by atoms with Crippen LogP contribution in [0, 0.1) is 0 Å². The zero-order chi connectivity index (χ0) is 14.4. The molecule has 2 aromatic rings. The number of anilines is 2. The van der Waals surface area contributed by atoms with Crippen LogP contribution >= 0.6 is 0 Å². The second-order valence-electron chi connectivity index (χ2n) is 4.30. The molecule has 0 spiro atoms. The standard InChI is InChI=1S/C15H17N3O2/c1-16-14-6-8-17-10-13(14)15(20)18-12-4-2-11(3-5-12)7-9-19/h2-6,8,10,19H,7,9H2,1H3,(H,16,17)(H,18,20). The van der Waals surface area contributed by atoms with Crippen molar-refractivity contribution in [1.82, 2.24) is 4.98 Å². The molecule has 5 nitrogen and oxygen atoms in total. The Morgan fingerprint density at radius 1 is 1.25 bits per heavy atom. The number of hydrogen-bond acceptors (Lipinski definition) is 4. The summed E-state index contributed by atoms with van der Waals surface area (Å²) in [6.45, 7) is 0.118. The molecule has 2 rings (SSSR count). The van der Waals surface area contributed by atoms with E-state index in [4.69, 9.17) is 5.11 Å². The van der Waals surface area contributed by atoms with Gasteiger partial charge in [-0.1, -0.05) is 12.1 Å². The molecule has 0 saturated heterocycles. The van der Waals surface area contributed by atoms with Crippen molar-refractivity contribution < 1.29 is 9.90 Å². The van der Waals surface area contributed by atoms with Crippen LogP contribution in [0.2, 0.25) is 0 Å². The number of nitrogens with zero attached hydrogens (tertiary/aromatic N) is 1. The van der Waals surface area contributed by atoms with Gasteiger partial charge >= 0.3 is 0 Å². The van der Waals surface area contributed by atoms with Crippen LogP contribution in [0.5, 0.6) is 0 Å². The molecule has 0 saturated carbocycles. The molecule has 20 heavy (non-hydrogen) atoms. The smallest absolute Gasteiger partial charge is 0.259 e. The van der Waals surface area contributed by atoms with Crippen LogP contribution in [0.25, 0.3) is 0 Å². The van der Waals surface area contributed by atoms with E-state index in [0.717, 1.165) is 11.3 Å². The van der Waals surface area contributed by atoms with Gasteiger partial charge in [0.25, 0.3) is 5.91 Å². The fraction of sp³-hybridized carbons (Fsp3) is 0.200. The molecule has 104 valence electrons. The molecule has 1 aromatic heterocycles. The lowest BCUT2D eigenvalue weighted by Crippen LogP contribution is -2.14. The number of carbonyl (C=O) groups excluding carboxylic acids is 1. The maximum atomic E-state index is 12.2. The maximum absolute atomic E-state index is 12.2. The molecule has 0 aliphatic heterocycles. The number of rotatable bonds is 5. The fourth-order valence-corrected chi connectivity index (χ4v) is 1.88. The number of aromatic nitrogens is 1. The van der Waals surface area contributed by atoms with Crippen LogP contribution < -0.4 is 10.6 Å². The highest BCUT2D eigenvalue weighted by Gasteiger charge is 2.10. The van der Waals surface area contributed by atoms with Gasteiger partial charge in [0.15, 0.2) is 0 Å². The van der Waals surface area contributed by atoms with Gasteiger partial charge in [0.05, 0.1) is 5.56 Å². The third-order valence-electron chi connectivity index (χ3n) is 2.95. The van der Waals surface area contributed by atoms with Gasteiger partial charge in [-0.05, 0) is 30.2 Å². The van der Waals surface area contributed by atoms with E-state index in [1.54, 1.807) is 19.3 Å². The average Bonchev–Trinajstić information content (AvgIpc) is 2.49. The Hall–Kier alpha value is -2.40. The highest BCUT2D eigenvalue weighted by Crippen LogP contribution is 2.16. The summed E-state index contributed by atoms with van der Waals surface area (Å²) in [5.74, 6) is -0.211. The van der Waals surface area contributed by atoms with E-state index in [2.05, 4.69) is 15.6 Å². The topological polar surface area (TPSA) is 74.2 Å². The largest absolute Gasteiger partial charge is 0.396 e. The van der Waals surface area contributed by atoms with Crippen LogP contribution in [0.3, 0.4) is 0 Å². The average molecular weight is 271 g/mol. The number of aliphatic hydroxyl groups excluding tert-OH is 1. The minimum absolute atomic E-state index is 0.118. The van der Waals surface area contributed by atoms with E-state index in [0.29, 0.717) is 17.7 Å². The Morgan fingerprint density at radius 3 is 2.65 bits per heavy atom. The van der Waals surface area contributed by atoms with Crippen LogP contribution in [-0.4, -0.2) is 29.7 Å². The number of carbonyl (C=O) groups is 1. The molecular weight excluding hydrogens is 254 g/mol. The number of nitrogens with one attached hydrogen (secondary N) is 2. The third-order valence-corrected chi connectivity index (χ3v) is 2.95. The van der Waals surface area contributed by atoms with Gasteiger partial charge in [0.2, 0.25) is 0 Å². The first-order chi connectivity index (χ1) is 9.74. The van der Waals surface area contributed by atoms with E-state index < -0.39 is 0 Å². The Kier molecular flexibility index (Phi) is 4.68. The molecule has 5 heteroatoms. The molecule has 0 aliphatic carbocycles. The van der Waals surface area contributed by atoms with Crippen molar-refractivity contribution in [2.45, 2.75) is 6.42 Å². The van der Waals surface area contributed by atoms with Gasteiger partial charge in [-0.15, -0.1) is 0 Å². The van der Waals surface area contributed by atoms with Crippen LogP contribution in [0.15, 0.2) is 42.7 Å². The number of benzene rings is 1. The van der Waals surface area contributed by atoms with E-state index in [9.17, 15) is 4.79 Å². The summed E-state index contributed by atoms with van der Waals surface area (Å²) in [5, 5.41) is 14.6. The van der Waals surface area contributed by atoms with Gasteiger partial charge in [-0.2, -0.15) is 0 Å². The van der Waals surface area contributed by atoms with Gasteiger partial charge in [-0.25, -0.2) is 0 Å².